The van der Waals surface area contributed by atoms with Crippen molar-refractivity contribution in [1.29, 1.82) is 0 Å². The van der Waals surface area contributed by atoms with Gasteiger partial charge in [0.05, 0.1) is 4.75 Å². The first kappa shape index (κ1) is 13.6. The SMILES string of the molecule is CC1(C)CNCCN(CC2CCCS2)S1(=O)=O. The zero-order valence-electron chi connectivity index (χ0n) is 10.6. The molecule has 0 saturated carbocycles. The molecule has 0 aromatic rings. The third kappa shape index (κ3) is 2.80. The van der Waals surface area contributed by atoms with Crippen LogP contribution in [0.15, 0.2) is 0 Å². The van der Waals surface area contributed by atoms with E-state index in [4.69, 9.17) is 0 Å². The van der Waals surface area contributed by atoms with Gasteiger partial charge in [-0.25, -0.2) is 8.42 Å². The van der Waals surface area contributed by atoms with Gasteiger partial charge >= 0.3 is 0 Å². The minimum atomic E-state index is -3.17. The number of hydrogen-bond acceptors (Lipinski definition) is 4. The summed E-state index contributed by atoms with van der Waals surface area (Å²) in [6, 6.07) is 0. The van der Waals surface area contributed by atoms with Crippen LogP contribution >= 0.6 is 11.8 Å². The summed E-state index contributed by atoms with van der Waals surface area (Å²) in [6.45, 7) is 6.25. The number of nitrogens with zero attached hydrogens (tertiary/aromatic N) is 1. The molecule has 4 nitrogen and oxygen atoms in total. The maximum Gasteiger partial charge on any atom is 0.220 e. The van der Waals surface area contributed by atoms with E-state index in [1.807, 2.05) is 25.6 Å². The summed E-state index contributed by atoms with van der Waals surface area (Å²) in [5.74, 6) is 1.18. The molecule has 0 aliphatic carbocycles. The van der Waals surface area contributed by atoms with Gasteiger partial charge in [0.2, 0.25) is 10.0 Å². The lowest BCUT2D eigenvalue weighted by Gasteiger charge is -2.30. The fraction of sp³-hybridized carbons (Fsp3) is 1.00. The lowest BCUT2D eigenvalue weighted by Crippen LogP contribution is -2.47. The summed E-state index contributed by atoms with van der Waals surface area (Å²) >= 11 is 1.92. The predicted octanol–water partition coefficient (Wildman–Crippen LogP) is 0.896. The smallest absolute Gasteiger partial charge is 0.220 e. The molecule has 0 spiro atoms. The maximum atomic E-state index is 12.5. The standard InChI is InChI=1S/C11H22N2O2S2/c1-11(2)9-12-5-6-13(17(11,14)15)8-10-4-3-7-16-10/h10,12H,3-9H2,1-2H3. The van der Waals surface area contributed by atoms with E-state index in [1.165, 1.54) is 12.2 Å². The molecule has 2 rings (SSSR count). The Morgan fingerprint density at radius 1 is 1.47 bits per heavy atom. The maximum absolute atomic E-state index is 12.5. The molecule has 1 atom stereocenters. The molecule has 0 aromatic carbocycles. The van der Waals surface area contributed by atoms with Crippen LogP contribution in [0, 0.1) is 0 Å². The topological polar surface area (TPSA) is 49.4 Å². The van der Waals surface area contributed by atoms with E-state index in [-0.39, 0.29) is 0 Å². The molecule has 0 radical (unpaired) electrons. The molecule has 17 heavy (non-hydrogen) atoms. The number of thioether (sulfide) groups is 1. The Labute approximate surface area is 109 Å². The van der Waals surface area contributed by atoms with Crippen molar-refractivity contribution in [1.82, 2.24) is 9.62 Å². The van der Waals surface area contributed by atoms with Crippen LogP contribution < -0.4 is 5.32 Å². The van der Waals surface area contributed by atoms with Gasteiger partial charge in [-0.3, -0.25) is 0 Å². The van der Waals surface area contributed by atoms with Crippen molar-refractivity contribution in [2.24, 2.45) is 0 Å². The molecular formula is C11H22N2O2S2. The van der Waals surface area contributed by atoms with Gasteiger partial charge in [-0.1, -0.05) is 0 Å². The molecule has 2 aliphatic rings. The van der Waals surface area contributed by atoms with Gasteiger partial charge in [-0.2, -0.15) is 16.1 Å². The lowest BCUT2D eigenvalue weighted by molar-refractivity contribution is 0.408. The van der Waals surface area contributed by atoms with Crippen molar-refractivity contribution >= 4 is 21.8 Å². The third-order valence-corrected chi connectivity index (χ3v) is 7.49. The molecule has 1 N–H and O–H groups in total. The number of sulfonamides is 1. The Morgan fingerprint density at radius 2 is 2.24 bits per heavy atom. The Morgan fingerprint density at radius 3 is 2.88 bits per heavy atom. The molecule has 0 aromatic heterocycles. The van der Waals surface area contributed by atoms with Crippen molar-refractivity contribution in [2.75, 3.05) is 31.9 Å². The Hall–Kier alpha value is 0.220. The van der Waals surface area contributed by atoms with E-state index in [0.717, 1.165) is 13.0 Å². The van der Waals surface area contributed by atoms with Crippen LogP contribution in [0.5, 0.6) is 0 Å². The molecule has 1 unspecified atom stereocenters. The highest BCUT2D eigenvalue weighted by molar-refractivity contribution is 8.00. The summed E-state index contributed by atoms with van der Waals surface area (Å²) < 4.78 is 26.1. The van der Waals surface area contributed by atoms with Gasteiger partial charge in [0, 0.05) is 31.4 Å². The van der Waals surface area contributed by atoms with Gasteiger partial charge in [0.1, 0.15) is 0 Å². The monoisotopic (exact) mass is 278 g/mol. The van der Waals surface area contributed by atoms with Crippen molar-refractivity contribution in [3.63, 3.8) is 0 Å². The molecule has 6 heteroatoms. The summed E-state index contributed by atoms with van der Waals surface area (Å²) in [4.78, 5) is 0. The average Bonchev–Trinajstić information content (AvgIpc) is 2.71. The van der Waals surface area contributed by atoms with E-state index in [9.17, 15) is 8.42 Å². The fourth-order valence-corrected chi connectivity index (χ4v) is 5.43. The zero-order chi connectivity index (χ0) is 12.5. The van der Waals surface area contributed by atoms with E-state index >= 15 is 0 Å². The first-order chi connectivity index (χ1) is 7.93. The Balaban J connectivity index is 2.13. The van der Waals surface area contributed by atoms with Crippen LogP contribution in [0.2, 0.25) is 0 Å². The predicted molar refractivity (Wildman–Crippen MR) is 72.9 cm³/mol. The van der Waals surface area contributed by atoms with E-state index < -0.39 is 14.8 Å². The van der Waals surface area contributed by atoms with Crippen LogP contribution in [-0.4, -0.2) is 54.7 Å². The number of rotatable bonds is 2. The largest absolute Gasteiger partial charge is 0.314 e. The number of hydrogen-bond donors (Lipinski definition) is 1. The minimum absolute atomic E-state index is 0.499. The third-order valence-electron chi connectivity index (χ3n) is 3.56. The highest BCUT2D eigenvalue weighted by atomic mass is 32.2. The summed E-state index contributed by atoms with van der Waals surface area (Å²) in [5.41, 5.74) is 0. The van der Waals surface area contributed by atoms with Crippen LogP contribution in [0.1, 0.15) is 26.7 Å². The van der Waals surface area contributed by atoms with Crippen LogP contribution in [-0.2, 0) is 10.0 Å². The van der Waals surface area contributed by atoms with Gasteiger partial charge in [-0.15, -0.1) is 0 Å². The van der Waals surface area contributed by atoms with E-state index in [2.05, 4.69) is 5.32 Å². The second-order valence-corrected chi connectivity index (χ2v) is 9.41. The average molecular weight is 278 g/mol. The normalized spacial score (nSPS) is 33.4. The van der Waals surface area contributed by atoms with Gasteiger partial charge in [-0.05, 0) is 32.4 Å². The minimum Gasteiger partial charge on any atom is -0.314 e. The molecule has 2 fully saturated rings. The summed E-state index contributed by atoms with van der Waals surface area (Å²) in [6.07, 6.45) is 2.38. The molecule has 100 valence electrons. The Kier molecular flexibility index (Phi) is 4.07. The first-order valence-corrected chi connectivity index (χ1v) is 8.74. The molecule has 2 saturated heterocycles. The zero-order valence-corrected chi connectivity index (χ0v) is 12.2. The molecule has 0 amide bonds. The highest BCUT2D eigenvalue weighted by Gasteiger charge is 2.41. The van der Waals surface area contributed by atoms with Crippen molar-refractivity contribution in [3.8, 4) is 0 Å². The van der Waals surface area contributed by atoms with E-state index in [1.54, 1.807) is 4.31 Å². The molecular weight excluding hydrogens is 256 g/mol. The van der Waals surface area contributed by atoms with Gasteiger partial charge in [0.25, 0.3) is 0 Å². The second-order valence-electron chi connectivity index (χ2n) is 5.43. The lowest BCUT2D eigenvalue weighted by atomic mass is 10.2. The van der Waals surface area contributed by atoms with Gasteiger partial charge < -0.3 is 5.32 Å². The van der Waals surface area contributed by atoms with Gasteiger partial charge in [0.15, 0.2) is 0 Å². The van der Waals surface area contributed by atoms with Crippen molar-refractivity contribution in [3.05, 3.63) is 0 Å². The summed E-state index contributed by atoms with van der Waals surface area (Å²) in [7, 11) is -3.17. The molecule has 2 heterocycles. The van der Waals surface area contributed by atoms with Crippen LogP contribution in [0.4, 0.5) is 0 Å². The van der Waals surface area contributed by atoms with Crippen molar-refractivity contribution in [2.45, 2.75) is 36.7 Å². The van der Waals surface area contributed by atoms with Crippen LogP contribution in [0.3, 0.4) is 0 Å². The quantitative estimate of drug-likeness (QED) is 0.815. The molecule has 0 bridgehead atoms. The number of nitrogens with one attached hydrogen (secondary N) is 1. The summed E-state index contributed by atoms with van der Waals surface area (Å²) in [5, 5.41) is 3.72. The molecule has 2 aliphatic heterocycles. The highest BCUT2D eigenvalue weighted by Crippen LogP contribution is 2.30. The van der Waals surface area contributed by atoms with Crippen LogP contribution in [0.25, 0.3) is 0 Å². The van der Waals surface area contributed by atoms with E-state index in [0.29, 0.717) is 24.9 Å². The fourth-order valence-electron chi connectivity index (χ4n) is 2.36. The first-order valence-electron chi connectivity index (χ1n) is 6.25. The Bertz CT molecular complexity index is 362. The van der Waals surface area contributed by atoms with Crippen molar-refractivity contribution < 1.29 is 8.42 Å². The second kappa shape index (κ2) is 5.07.